The van der Waals surface area contributed by atoms with Crippen molar-refractivity contribution >= 4 is 11.9 Å². The van der Waals surface area contributed by atoms with Gasteiger partial charge in [-0.15, -0.1) is 5.10 Å². The summed E-state index contributed by atoms with van der Waals surface area (Å²) >= 11 is 0. The lowest BCUT2D eigenvalue weighted by Gasteiger charge is -2.33. The summed E-state index contributed by atoms with van der Waals surface area (Å²) in [5.74, 6) is 1.31. The normalized spacial score (nSPS) is 20.3. The molecule has 1 saturated carbocycles. The minimum atomic E-state index is 0.312. The number of amides is 1. The minimum absolute atomic E-state index is 0.312. The Morgan fingerprint density at radius 3 is 2.56 bits per heavy atom. The van der Waals surface area contributed by atoms with E-state index >= 15 is 0 Å². The lowest BCUT2D eigenvalue weighted by Crippen LogP contribution is -2.49. The summed E-state index contributed by atoms with van der Waals surface area (Å²) in [5.41, 5.74) is 0. The second-order valence-electron chi connectivity index (χ2n) is 4.92. The van der Waals surface area contributed by atoms with Gasteiger partial charge in [-0.3, -0.25) is 4.79 Å². The van der Waals surface area contributed by atoms with Crippen molar-refractivity contribution in [3.8, 4) is 0 Å². The zero-order valence-corrected chi connectivity index (χ0v) is 10.6. The highest BCUT2D eigenvalue weighted by atomic mass is 16.4. The molecular formula is C12H18N4O2. The smallest absolute Gasteiger partial charge is 0.318 e. The van der Waals surface area contributed by atoms with Crippen molar-refractivity contribution in [3.63, 3.8) is 0 Å². The van der Waals surface area contributed by atoms with E-state index in [1.807, 2.05) is 11.8 Å². The number of anilines is 1. The Morgan fingerprint density at radius 1 is 1.28 bits per heavy atom. The van der Waals surface area contributed by atoms with Gasteiger partial charge in [0.1, 0.15) is 0 Å². The van der Waals surface area contributed by atoms with Gasteiger partial charge in [0, 0.05) is 38.5 Å². The summed E-state index contributed by atoms with van der Waals surface area (Å²) in [4.78, 5) is 15.9. The molecule has 0 N–H and O–H groups in total. The van der Waals surface area contributed by atoms with Crippen LogP contribution in [0.4, 0.5) is 6.01 Å². The van der Waals surface area contributed by atoms with E-state index in [0.29, 0.717) is 23.7 Å². The van der Waals surface area contributed by atoms with E-state index < -0.39 is 0 Å². The van der Waals surface area contributed by atoms with Crippen LogP contribution in [0.15, 0.2) is 4.42 Å². The van der Waals surface area contributed by atoms with Crippen LogP contribution in [0.3, 0.4) is 0 Å². The van der Waals surface area contributed by atoms with Crippen LogP contribution >= 0.6 is 0 Å². The van der Waals surface area contributed by atoms with Crippen molar-refractivity contribution in [1.29, 1.82) is 0 Å². The summed E-state index contributed by atoms with van der Waals surface area (Å²) in [6.45, 7) is 5.08. The van der Waals surface area contributed by atoms with Gasteiger partial charge in [0.25, 0.3) is 0 Å². The first kappa shape index (κ1) is 11.5. The van der Waals surface area contributed by atoms with Crippen molar-refractivity contribution < 1.29 is 9.21 Å². The number of hydrogen-bond donors (Lipinski definition) is 0. The summed E-state index contributed by atoms with van der Waals surface area (Å²) in [7, 11) is 0. The number of aryl methyl sites for hydroxylation is 1. The molecule has 0 unspecified atom stereocenters. The van der Waals surface area contributed by atoms with Crippen LogP contribution in [-0.4, -0.2) is 47.2 Å². The summed E-state index contributed by atoms with van der Waals surface area (Å²) in [6, 6.07) is 0.588. The van der Waals surface area contributed by atoms with E-state index in [1.54, 1.807) is 0 Å². The third-order valence-electron chi connectivity index (χ3n) is 3.55. The maximum atomic E-state index is 11.9. The van der Waals surface area contributed by atoms with E-state index in [1.165, 1.54) is 0 Å². The molecule has 2 aliphatic rings. The summed E-state index contributed by atoms with van der Waals surface area (Å²) in [6.07, 6.45) is 2.90. The summed E-state index contributed by atoms with van der Waals surface area (Å²) in [5, 5.41) is 8.00. The molecule has 2 heterocycles. The molecule has 1 aromatic heterocycles. The predicted octanol–water partition coefficient (Wildman–Crippen LogP) is 0.691. The molecule has 3 rings (SSSR count). The van der Waals surface area contributed by atoms with Crippen molar-refractivity contribution in [1.82, 2.24) is 15.1 Å². The fraction of sp³-hybridized carbons (Fsp3) is 0.750. The van der Waals surface area contributed by atoms with Gasteiger partial charge in [-0.2, -0.15) is 0 Å². The molecule has 0 aromatic carbocycles. The number of hydrogen-bond acceptors (Lipinski definition) is 5. The quantitative estimate of drug-likeness (QED) is 0.790. The topological polar surface area (TPSA) is 62.5 Å². The van der Waals surface area contributed by atoms with Crippen LogP contribution in [0, 0.1) is 5.92 Å². The van der Waals surface area contributed by atoms with Crippen molar-refractivity contribution in [3.05, 3.63) is 5.89 Å². The van der Waals surface area contributed by atoms with Gasteiger partial charge in [0.2, 0.25) is 11.8 Å². The molecule has 1 saturated heterocycles. The van der Waals surface area contributed by atoms with Gasteiger partial charge >= 0.3 is 6.01 Å². The van der Waals surface area contributed by atoms with Crippen molar-refractivity contribution in [2.24, 2.45) is 5.92 Å². The van der Waals surface area contributed by atoms with Gasteiger partial charge in [-0.1, -0.05) is 12.0 Å². The van der Waals surface area contributed by atoms with Crippen LogP contribution in [0.1, 0.15) is 25.7 Å². The highest BCUT2D eigenvalue weighted by Crippen LogP contribution is 2.31. The maximum absolute atomic E-state index is 11.9. The van der Waals surface area contributed by atoms with Crippen molar-refractivity contribution in [2.75, 3.05) is 31.1 Å². The number of carbonyl (C=O) groups is 1. The number of aromatic nitrogens is 2. The molecule has 0 bridgehead atoms. The van der Waals surface area contributed by atoms with Crippen molar-refractivity contribution in [2.45, 2.75) is 26.2 Å². The third kappa shape index (κ3) is 2.19. The third-order valence-corrected chi connectivity index (χ3v) is 3.55. The first-order valence-electron chi connectivity index (χ1n) is 6.64. The molecule has 2 fully saturated rings. The van der Waals surface area contributed by atoms with E-state index in [2.05, 4.69) is 15.1 Å². The van der Waals surface area contributed by atoms with Crippen LogP contribution in [0.5, 0.6) is 0 Å². The number of piperazine rings is 1. The lowest BCUT2D eigenvalue weighted by atomic mass is 10.3. The van der Waals surface area contributed by atoms with Gasteiger partial charge in [0.15, 0.2) is 0 Å². The van der Waals surface area contributed by atoms with Gasteiger partial charge in [-0.25, -0.2) is 0 Å². The van der Waals surface area contributed by atoms with Gasteiger partial charge < -0.3 is 14.2 Å². The van der Waals surface area contributed by atoms with E-state index in [0.717, 1.165) is 45.4 Å². The van der Waals surface area contributed by atoms with Crippen LogP contribution < -0.4 is 4.90 Å². The standard InChI is InChI=1S/C12H18N4O2/c1-2-10-13-14-12(18-10)16-7-5-15(6-8-16)11(17)9-3-4-9/h9H,2-8H2,1H3. The number of nitrogens with zero attached hydrogens (tertiary/aromatic N) is 4. The molecule has 1 aromatic rings. The fourth-order valence-electron chi connectivity index (χ4n) is 2.22. The first-order valence-corrected chi connectivity index (χ1v) is 6.64. The SMILES string of the molecule is CCc1nnc(N2CCN(C(=O)C3CC3)CC2)o1. The highest BCUT2D eigenvalue weighted by Gasteiger charge is 2.35. The Balaban J connectivity index is 1.57. The molecule has 6 nitrogen and oxygen atoms in total. The van der Waals surface area contributed by atoms with E-state index in [9.17, 15) is 4.79 Å². The number of carbonyl (C=O) groups excluding carboxylic acids is 1. The van der Waals surface area contributed by atoms with E-state index in [-0.39, 0.29) is 0 Å². The maximum Gasteiger partial charge on any atom is 0.318 e. The predicted molar refractivity (Wildman–Crippen MR) is 65.2 cm³/mol. The Labute approximate surface area is 106 Å². The molecule has 18 heavy (non-hydrogen) atoms. The van der Waals surface area contributed by atoms with Gasteiger partial charge in [0.05, 0.1) is 0 Å². The largest absolute Gasteiger partial charge is 0.408 e. The van der Waals surface area contributed by atoms with Crippen LogP contribution in [0.2, 0.25) is 0 Å². The molecule has 0 spiro atoms. The Hall–Kier alpha value is -1.59. The molecule has 6 heteroatoms. The zero-order chi connectivity index (χ0) is 12.5. The van der Waals surface area contributed by atoms with Crippen LogP contribution in [0.25, 0.3) is 0 Å². The second kappa shape index (κ2) is 4.59. The number of rotatable bonds is 3. The minimum Gasteiger partial charge on any atom is -0.408 e. The fourth-order valence-corrected chi connectivity index (χ4v) is 2.22. The molecule has 0 atom stereocenters. The molecule has 1 aliphatic carbocycles. The van der Waals surface area contributed by atoms with E-state index in [4.69, 9.17) is 4.42 Å². The molecule has 1 aliphatic heterocycles. The highest BCUT2D eigenvalue weighted by molar-refractivity contribution is 5.81. The van der Waals surface area contributed by atoms with Gasteiger partial charge in [-0.05, 0) is 12.8 Å². The Morgan fingerprint density at radius 2 is 2.00 bits per heavy atom. The Kier molecular flexibility index (Phi) is 2.93. The van der Waals surface area contributed by atoms with Crippen LogP contribution in [-0.2, 0) is 11.2 Å². The zero-order valence-electron chi connectivity index (χ0n) is 10.6. The lowest BCUT2D eigenvalue weighted by molar-refractivity contribution is -0.132. The molecule has 0 radical (unpaired) electrons. The molecule has 1 amide bonds. The Bertz CT molecular complexity index is 433. The average Bonchev–Trinajstić information content (AvgIpc) is 3.16. The molecular weight excluding hydrogens is 232 g/mol. The first-order chi connectivity index (χ1) is 8.78. The average molecular weight is 250 g/mol. The second-order valence-corrected chi connectivity index (χ2v) is 4.92. The monoisotopic (exact) mass is 250 g/mol. The molecule has 98 valence electrons. The summed E-state index contributed by atoms with van der Waals surface area (Å²) < 4.78 is 5.53.